The van der Waals surface area contributed by atoms with Crippen LogP contribution in [0.4, 0.5) is 4.79 Å². The lowest BCUT2D eigenvalue weighted by molar-refractivity contribution is -0.131. The quantitative estimate of drug-likeness (QED) is 0.598. The lowest BCUT2D eigenvalue weighted by Gasteiger charge is -2.24. The first-order chi connectivity index (χ1) is 12.5. The van der Waals surface area contributed by atoms with Crippen LogP contribution in [0.15, 0.2) is 58.1 Å². The van der Waals surface area contributed by atoms with Gasteiger partial charge in [0.1, 0.15) is 11.3 Å². The number of carbonyl (C=O) groups is 2. The Hall–Kier alpha value is -2.67. The molecule has 1 atom stereocenters. The van der Waals surface area contributed by atoms with Crippen molar-refractivity contribution >= 4 is 34.1 Å². The molecule has 3 rings (SSSR count). The summed E-state index contributed by atoms with van der Waals surface area (Å²) in [7, 11) is 1.55. The van der Waals surface area contributed by atoms with E-state index in [0.29, 0.717) is 17.7 Å². The standard InChI is InChI=1S/C19H18BrN3O3/c1-3-19(14-7-5-4-6-8-14)17(24)23(18(25)22-19)21-12-13-11-15(20)9-10-16(13)26-2/h4-12H,3H2,1-2H3,(H,22,25)/b21-12-/t19-/m1/s1. The van der Waals surface area contributed by atoms with Gasteiger partial charge in [0.2, 0.25) is 0 Å². The van der Waals surface area contributed by atoms with Crippen LogP contribution < -0.4 is 10.1 Å². The van der Waals surface area contributed by atoms with Crippen molar-refractivity contribution in [3.63, 3.8) is 0 Å². The molecule has 0 unspecified atom stereocenters. The minimum Gasteiger partial charge on any atom is -0.496 e. The summed E-state index contributed by atoms with van der Waals surface area (Å²) in [5, 5.41) is 7.78. The van der Waals surface area contributed by atoms with Gasteiger partial charge in [-0.2, -0.15) is 5.10 Å². The van der Waals surface area contributed by atoms with E-state index < -0.39 is 17.5 Å². The molecule has 2 aromatic rings. The van der Waals surface area contributed by atoms with Crippen molar-refractivity contribution in [3.05, 3.63) is 64.1 Å². The molecule has 6 nitrogen and oxygen atoms in total. The molecule has 1 saturated heterocycles. The zero-order valence-electron chi connectivity index (χ0n) is 14.4. The fourth-order valence-corrected chi connectivity index (χ4v) is 3.33. The largest absolute Gasteiger partial charge is 0.496 e. The molecule has 0 bridgehead atoms. The van der Waals surface area contributed by atoms with Crippen LogP contribution in [0, 0.1) is 0 Å². The predicted molar refractivity (Wildman–Crippen MR) is 102 cm³/mol. The zero-order valence-corrected chi connectivity index (χ0v) is 16.0. The van der Waals surface area contributed by atoms with Gasteiger partial charge in [-0.1, -0.05) is 53.2 Å². The maximum atomic E-state index is 13.0. The summed E-state index contributed by atoms with van der Waals surface area (Å²) >= 11 is 3.39. The van der Waals surface area contributed by atoms with E-state index in [1.165, 1.54) is 6.21 Å². The van der Waals surface area contributed by atoms with Crippen molar-refractivity contribution in [2.24, 2.45) is 5.10 Å². The summed E-state index contributed by atoms with van der Waals surface area (Å²) in [5.41, 5.74) is 0.284. The molecular formula is C19H18BrN3O3. The molecule has 0 saturated carbocycles. The lowest BCUT2D eigenvalue weighted by atomic mass is 9.87. The van der Waals surface area contributed by atoms with Gasteiger partial charge in [0.25, 0.3) is 5.91 Å². The van der Waals surface area contributed by atoms with Crippen molar-refractivity contribution in [3.8, 4) is 5.75 Å². The Morgan fingerprint density at radius 2 is 1.96 bits per heavy atom. The molecule has 3 amide bonds. The fourth-order valence-electron chi connectivity index (χ4n) is 2.95. The monoisotopic (exact) mass is 415 g/mol. The Balaban J connectivity index is 1.94. The van der Waals surface area contributed by atoms with Gasteiger partial charge >= 0.3 is 6.03 Å². The van der Waals surface area contributed by atoms with E-state index in [4.69, 9.17) is 4.74 Å². The SMILES string of the molecule is CC[C@]1(c2ccccc2)NC(=O)N(/N=C\c2cc(Br)ccc2OC)C1=O. The Kier molecular flexibility index (Phi) is 5.08. The van der Waals surface area contributed by atoms with E-state index in [2.05, 4.69) is 26.3 Å². The normalized spacial score (nSPS) is 19.9. The summed E-state index contributed by atoms with van der Waals surface area (Å²) in [4.78, 5) is 25.4. The zero-order chi connectivity index (χ0) is 18.7. The van der Waals surface area contributed by atoms with Gasteiger partial charge in [-0.05, 0) is 30.2 Å². The van der Waals surface area contributed by atoms with Crippen LogP contribution in [-0.4, -0.2) is 30.3 Å². The number of urea groups is 1. The molecule has 1 fully saturated rings. The highest BCUT2D eigenvalue weighted by atomic mass is 79.9. The molecule has 1 N–H and O–H groups in total. The molecule has 2 aromatic carbocycles. The first-order valence-electron chi connectivity index (χ1n) is 8.11. The smallest absolute Gasteiger partial charge is 0.346 e. The van der Waals surface area contributed by atoms with E-state index in [-0.39, 0.29) is 0 Å². The van der Waals surface area contributed by atoms with Gasteiger partial charge in [-0.3, -0.25) is 4.79 Å². The van der Waals surface area contributed by atoms with Crippen LogP contribution in [-0.2, 0) is 10.3 Å². The van der Waals surface area contributed by atoms with Gasteiger partial charge in [-0.15, -0.1) is 5.01 Å². The van der Waals surface area contributed by atoms with Crippen LogP contribution in [0.5, 0.6) is 5.75 Å². The number of hydrogen-bond acceptors (Lipinski definition) is 4. The number of ether oxygens (including phenoxy) is 1. The number of methoxy groups -OCH3 is 1. The van der Waals surface area contributed by atoms with Crippen LogP contribution in [0.25, 0.3) is 0 Å². The second-order valence-electron chi connectivity index (χ2n) is 5.80. The molecule has 0 radical (unpaired) electrons. The van der Waals surface area contributed by atoms with Gasteiger partial charge in [-0.25, -0.2) is 4.79 Å². The van der Waals surface area contributed by atoms with Gasteiger partial charge < -0.3 is 10.1 Å². The molecule has 0 aliphatic carbocycles. The number of nitrogens with one attached hydrogen (secondary N) is 1. The molecule has 7 heteroatoms. The maximum absolute atomic E-state index is 13.0. The van der Waals surface area contributed by atoms with Gasteiger partial charge in [0, 0.05) is 10.0 Å². The number of imide groups is 1. The van der Waals surface area contributed by atoms with Gasteiger partial charge in [0.15, 0.2) is 0 Å². The Bertz CT molecular complexity index is 870. The Labute approximate surface area is 160 Å². The van der Waals surface area contributed by atoms with Gasteiger partial charge in [0.05, 0.1) is 13.3 Å². The third kappa shape index (κ3) is 3.10. The van der Waals surface area contributed by atoms with Crippen LogP contribution >= 0.6 is 15.9 Å². The average molecular weight is 416 g/mol. The number of benzene rings is 2. The van der Waals surface area contributed by atoms with E-state index in [1.54, 1.807) is 19.2 Å². The highest BCUT2D eigenvalue weighted by molar-refractivity contribution is 9.10. The van der Waals surface area contributed by atoms with Crippen LogP contribution in [0.1, 0.15) is 24.5 Å². The maximum Gasteiger partial charge on any atom is 0.346 e. The molecular weight excluding hydrogens is 398 g/mol. The lowest BCUT2D eigenvalue weighted by Crippen LogP contribution is -2.43. The number of carbonyl (C=O) groups excluding carboxylic acids is 2. The highest BCUT2D eigenvalue weighted by Gasteiger charge is 2.51. The number of amides is 3. The number of halogens is 1. The first kappa shape index (κ1) is 18.1. The summed E-state index contributed by atoms with van der Waals surface area (Å²) in [6, 6.07) is 14.0. The molecule has 0 spiro atoms. The molecule has 1 aliphatic rings. The number of rotatable bonds is 5. The van der Waals surface area contributed by atoms with Crippen LogP contribution in [0.3, 0.4) is 0 Å². The third-order valence-corrected chi connectivity index (χ3v) is 4.86. The van der Waals surface area contributed by atoms with Crippen molar-refractivity contribution in [2.75, 3.05) is 7.11 Å². The van der Waals surface area contributed by atoms with Crippen molar-refractivity contribution in [2.45, 2.75) is 18.9 Å². The molecule has 1 aliphatic heterocycles. The van der Waals surface area contributed by atoms with E-state index in [0.717, 1.165) is 15.0 Å². The van der Waals surface area contributed by atoms with E-state index in [9.17, 15) is 9.59 Å². The van der Waals surface area contributed by atoms with Crippen molar-refractivity contribution in [1.29, 1.82) is 0 Å². The fraction of sp³-hybridized carbons (Fsp3) is 0.211. The Morgan fingerprint density at radius 3 is 2.62 bits per heavy atom. The topological polar surface area (TPSA) is 71.0 Å². The minimum absolute atomic E-state index is 0.401. The average Bonchev–Trinajstić information content (AvgIpc) is 2.91. The molecule has 26 heavy (non-hydrogen) atoms. The van der Waals surface area contributed by atoms with Crippen molar-refractivity contribution < 1.29 is 14.3 Å². The molecule has 134 valence electrons. The molecule has 0 aromatic heterocycles. The summed E-state index contributed by atoms with van der Waals surface area (Å²) in [5.74, 6) is 0.190. The van der Waals surface area contributed by atoms with E-state index >= 15 is 0 Å². The predicted octanol–water partition coefficient (Wildman–Crippen LogP) is 3.65. The second-order valence-corrected chi connectivity index (χ2v) is 6.72. The first-order valence-corrected chi connectivity index (χ1v) is 8.91. The summed E-state index contributed by atoms with van der Waals surface area (Å²) in [6.45, 7) is 1.86. The highest BCUT2D eigenvalue weighted by Crippen LogP contribution is 2.32. The Morgan fingerprint density at radius 1 is 1.23 bits per heavy atom. The van der Waals surface area contributed by atoms with Crippen molar-refractivity contribution in [1.82, 2.24) is 10.3 Å². The number of hydrazone groups is 1. The van der Waals surface area contributed by atoms with E-state index in [1.807, 2.05) is 43.3 Å². The molecule has 1 heterocycles. The number of nitrogens with zero attached hydrogens (tertiary/aromatic N) is 2. The second kappa shape index (κ2) is 7.29. The number of hydrogen-bond donors (Lipinski definition) is 1. The summed E-state index contributed by atoms with van der Waals surface area (Å²) in [6.07, 6.45) is 1.87. The summed E-state index contributed by atoms with van der Waals surface area (Å²) < 4.78 is 6.12. The third-order valence-electron chi connectivity index (χ3n) is 4.37. The minimum atomic E-state index is -1.10. The van der Waals surface area contributed by atoms with Crippen LogP contribution in [0.2, 0.25) is 0 Å².